The van der Waals surface area contributed by atoms with Gasteiger partial charge in [0.05, 0.1) is 36.7 Å². The van der Waals surface area contributed by atoms with E-state index >= 15 is 0 Å². The second kappa shape index (κ2) is 16.7. The number of aliphatic carboxylic acids is 1. The largest absolute Gasteiger partial charge is 0.547 e. The summed E-state index contributed by atoms with van der Waals surface area (Å²) in [7, 11) is -0.562. The summed E-state index contributed by atoms with van der Waals surface area (Å²) in [5, 5.41) is 17.3. The van der Waals surface area contributed by atoms with Gasteiger partial charge in [0, 0.05) is 7.26 Å². The zero-order chi connectivity index (χ0) is 18.1. The Morgan fingerprint density at radius 2 is 1.04 bits per heavy atom. The lowest BCUT2D eigenvalue weighted by atomic mass is 10.4. The van der Waals surface area contributed by atoms with Gasteiger partial charge in [-0.1, -0.05) is 53.4 Å². The van der Waals surface area contributed by atoms with Crippen LogP contribution in [0.1, 0.15) is 86.0 Å². The number of aliphatic hydroxyl groups is 1. The Labute approximate surface area is 145 Å². The van der Waals surface area contributed by atoms with E-state index in [9.17, 15) is 9.90 Å². The minimum atomic E-state index is -1.44. The Morgan fingerprint density at radius 1 is 0.826 bits per heavy atom. The van der Waals surface area contributed by atoms with Crippen molar-refractivity contribution >= 4 is 13.2 Å². The standard InChI is InChI=1S/C16H36P.C3H6O3/c1-5-9-13-17(14-10-6-2,15-11-7-3)16-12-8-4;1-2(4)3(5)6/h5-16H2,1-4H3;2,4H,1H3,(H,5,6)/q+1;/p-1. The highest BCUT2D eigenvalue weighted by Crippen LogP contribution is 2.61. The molecule has 0 saturated heterocycles. The first-order valence-corrected chi connectivity index (χ1v) is 12.2. The fraction of sp³-hybridized carbons (Fsp3) is 0.947. The van der Waals surface area contributed by atoms with Crippen LogP contribution in [0.4, 0.5) is 0 Å². The summed E-state index contributed by atoms with van der Waals surface area (Å²) in [6.07, 6.45) is 16.6. The van der Waals surface area contributed by atoms with Crippen LogP contribution in [0.25, 0.3) is 0 Å². The van der Waals surface area contributed by atoms with E-state index in [-0.39, 0.29) is 0 Å². The van der Waals surface area contributed by atoms with Crippen molar-refractivity contribution in [3.05, 3.63) is 0 Å². The number of hydrogen-bond acceptors (Lipinski definition) is 3. The van der Waals surface area contributed by atoms with Gasteiger partial charge in [-0.3, -0.25) is 0 Å². The summed E-state index contributed by atoms with van der Waals surface area (Å²) in [4.78, 5) is 9.34. The van der Waals surface area contributed by atoms with Gasteiger partial charge in [0.1, 0.15) is 0 Å². The maximum atomic E-state index is 9.34. The molecule has 0 spiro atoms. The van der Waals surface area contributed by atoms with E-state index in [1.807, 2.05) is 0 Å². The molecule has 1 N–H and O–H groups in total. The van der Waals surface area contributed by atoms with Crippen LogP contribution in [-0.2, 0) is 4.79 Å². The fourth-order valence-electron chi connectivity index (χ4n) is 2.64. The molecule has 1 atom stereocenters. The number of unbranched alkanes of at least 4 members (excludes halogenated alkanes) is 4. The van der Waals surface area contributed by atoms with Gasteiger partial charge in [-0.05, 0) is 32.6 Å². The Hall–Kier alpha value is -0.140. The lowest BCUT2D eigenvalue weighted by Crippen LogP contribution is -2.32. The van der Waals surface area contributed by atoms with E-state index in [2.05, 4.69) is 27.7 Å². The minimum Gasteiger partial charge on any atom is -0.547 e. The van der Waals surface area contributed by atoms with Crippen LogP contribution in [0.5, 0.6) is 0 Å². The Bertz CT molecular complexity index is 230. The average Bonchev–Trinajstić information content (AvgIpc) is 2.54. The molecule has 0 bridgehead atoms. The van der Waals surface area contributed by atoms with Gasteiger partial charge in [-0.25, -0.2) is 0 Å². The van der Waals surface area contributed by atoms with E-state index in [0.29, 0.717) is 0 Å². The molecule has 4 heteroatoms. The van der Waals surface area contributed by atoms with Crippen molar-refractivity contribution in [3.63, 3.8) is 0 Å². The van der Waals surface area contributed by atoms with Gasteiger partial charge < -0.3 is 15.0 Å². The normalized spacial score (nSPS) is 12.4. The van der Waals surface area contributed by atoms with Crippen LogP contribution >= 0.6 is 7.26 Å². The lowest BCUT2D eigenvalue weighted by molar-refractivity contribution is -0.314. The molecular formula is C19H41O3P. The Balaban J connectivity index is 0. The molecule has 0 aliphatic heterocycles. The second-order valence-corrected chi connectivity index (χ2v) is 11.1. The highest BCUT2D eigenvalue weighted by Gasteiger charge is 2.34. The van der Waals surface area contributed by atoms with Crippen LogP contribution in [0.2, 0.25) is 0 Å². The van der Waals surface area contributed by atoms with E-state index in [4.69, 9.17) is 5.11 Å². The summed E-state index contributed by atoms with van der Waals surface area (Å²) >= 11 is 0. The van der Waals surface area contributed by atoms with Crippen molar-refractivity contribution in [1.29, 1.82) is 0 Å². The average molecular weight is 349 g/mol. The Kier molecular flexibility index (Phi) is 18.2. The van der Waals surface area contributed by atoms with Crippen LogP contribution in [0.3, 0.4) is 0 Å². The third-order valence-electron chi connectivity index (χ3n) is 4.29. The zero-order valence-electron chi connectivity index (χ0n) is 16.3. The van der Waals surface area contributed by atoms with Crippen molar-refractivity contribution in [1.82, 2.24) is 0 Å². The number of rotatable bonds is 13. The number of carbonyl (C=O) groups excluding carboxylic acids is 1. The van der Waals surface area contributed by atoms with Gasteiger partial charge in [0.25, 0.3) is 0 Å². The molecule has 0 fully saturated rings. The molecule has 0 aromatic carbocycles. The predicted octanol–water partition coefficient (Wildman–Crippen LogP) is 4.32. The first-order valence-electron chi connectivity index (χ1n) is 9.63. The quantitative estimate of drug-likeness (QED) is 0.504. The van der Waals surface area contributed by atoms with Crippen LogP contribution in [-0.4, -0.2) is 41.8 Å². The van der Waals surface area contributed by atoms with Crippen molar-refractivity contribution in [2.45, 2.75) is 92.1 Å². The van der Waals surface area contributed by atoms with Crippen LogP contribution in [0.15, 0.2) is 0 Å². The number of aliphatic hydroxyl groups excluding tert-OH is 1. The van der Waals surface area contributed by atoms with Crippen molar-refractivity contribution in [2.24, 2.45) is 0 Å². The minimum absolute atomic E-state index is 0.562. The predicted molar refractivity (Wildman–Crippen MR) is 103 cm³/mol. The molecule has 0 saturated carbocycles. The number of carboxylic acid groups (broad SMARTS) is 1. The van der Waals surface area contributed by atoms with Gasteiger partial charge in [-0.2, -0.15) is 0 Å². The van der Waals surface area contributed by atoms with Gasteiger partial charge in [0.15, 0.2) is 0 Å². The summed E-state index contributed by atoms with van der Waals surface area (Å²) in [5.41, 5.74) is 0. The van der Waals surface area contributed by atoms with Crippen molar-refractivity contribution in [3.8, 4) is 0 Å². The topological polar surface area (TPSA) is 60.4 Å². The third kappa shape index (κ3) is 15.1. The maximum absolute atomic E-state index is 9.34. The third-order valence-corrected chi connectivity index (χ3v) is 9.34. The number of hydrogen-bond donors (Lipinski definition) is 1. The molecule has 0 aliphatic carbocycles. The molecule has 3 nitrogen and oxygen atoms in total. The monoisotopic (exact) mass is 348 g/mol. The molecule has 0 amide bonds. The molecule has 140 valence electrons. The molecule has 1 unspecified atom stereocenters. The van der Waals surface area contributed by atoms with Crippen LogP contribution in [0, 0.1) is 0 Å². The van der Waals surface area contributed by atoms with Gasteiger partial charge >= 0.3 is 0 Å². The molecule has 0 rings (SSSR count). The molecular weight excluding hydrogens is 307 g/mol. The van der Waals surface area contributed by atoms with Gasteiger partial charge in [0.2, 0.25) is 0 Å². The maximum Gasteiger partial charge on any atom is 0.0905 e. The van der Waals surface area contributed by atoms with Crippen molar-refractivity contribution in [2.75, 3.05) is 24.6 Å². The van der Waals surface area contributed by atoms with E-state index in [1.54, 1.807) is 24.6 Å². The molecule has 0 aliphatic rings. The summed E-state index contributed by atoms with van der Waals surface area (Å²) in [5.74, 6) is -1.44. The second-order valence-electron chi connectivity index (χ2n) is 6.65. The van der Waals surface area contributed by atoms with Crippen molar-refractivity contribution < 1.29 is 15.0 Å². The summed E-state index contributed by atoms with van der Waals surface area (Å²) < 4.78 is 0. The van der Waals surface area contributed by atoms with E-state index in [1.165, 1.54) is 51.4 Å². The smallest absolute Gasteiger partial charge is 0.0905 e. The fourth-order valence-corrected chi connectivity index (χ4v) is 7.93. The molecule has 0 aromatic heterocycles. The molecule has 0 radical (unpaired) electrons. The van der Waals surface area contributed by atoms with Gasteiger partial charge in [-0.15, -0.1) is 0 Å². The SMILES string of the molecule is CC(O)C(=O)[O-].CCCC[P+](CCCC)(CCCC)CCCC. The zero-order valence-corrected chi connectivity index (χ0v) is 17.2. The molecule has 0 aromatic rings. The Morgan fingerprint density at radius 3 is 1.17 bits per heavy atom. The number of carboxylic acids is 1. The first-order chi connectivity index (χ1) is 10.9. The lowest BCUT2D eigenvalue weighted by Gasteiger charge is -2.28. The molecule has 0 heterocycles. The van der Waals surface area contributed by atoms with E-state index in [0.717, 1.165) is 6.92 Å². The molecule has 23 heavy (non-hydrogen) atoms. The highest BCUT2D eigenvalue weighted by molar-refractivity contribution is 7.75. The summed E-state index contributed by atoms with van der Waals surface area (Å²) in [6, 6.07) is 0. The van der Waals surface area contributed by atoms with E-state index < -0.39 is 19.3 Å². The summed E-state index contributed by atoms with van der Waals surface area (Å²) in [6.45, 7) is 10.6. The first kappa shape index (κ1) is 25.1. The van der Waals surface area contributed by atoms with Crippen LogP contribution < -0.4 is 5.11 Å². The number of carbonyl (C=O) groups is 1. The highest BCUT2D eigenvalue weighted by atomic mass is 31.2.